The fourth-order valence-electron chi connectivity index (χ4n) is 0.739. The van der Waals surface area contributed by atoms with Crippen LogP contribution >= 0.6 is 0 Å². The quantitative estimate of drug-likeness (QED) is 0.413. The van der Waals surface area contributed by atoms with E-state index < -0.39 is 23.8 Å². The van der Waals surface area contributed by atoms with Crippen LogP contribution in [0.3, 0.4) is 0 Å². The lowest BCUT2D eigenvalue weighted by Crippen LogP contribution is -2.80. The Morgan fingerprint density at radius 1 is 1.00 bits per heavy atom. The first-order valence-electron chi connectivity index (χ1n) is 2.50. The zero-order chi connectivity index (χ0) is 9.08. The van der Waals surface area contributed by atoms with Gasteiger partial charge >= 0.3 is 11.8 Å². The molecule has 66 valence electrons. The average molecular weight is 178 g/mol. The van der Waals surface area contributed by atoms with Crippen molar-refractivity contribution in [2.24, 2.45) is 0 Å². The third-order valence-electron chi connectivity index (χ3n) is 1.55. The lowest BCUT2D eigenvalue weighted by atomic mass is 9.79. The van der Waals surface area contributed by atoms with E-state index in [-0.39, 0.29) is 0 Å². The van der Waals surface area contributed by atoms with E-state index in [0.717, 1.165) is 0 Å². The Labute approximate surface area is 57.2 Å². The normalized spacial score (nSPS) is 37.9. The van der Waals surface area contributed by atoms with Crippen molar-refractivity contribution < 1.29 is 32.2 Å². The van der Waals surface area contributed by atoms with Crippen LogP contribution in [0.1, 0.15) is 0 Å². The molecule has 1 aliphatic carbocycles. The van der Waals surface area contributed by atoms with E-state index in [1.165, 1.54) is 0 Å². The van der Waals surface area contributed by atoms with Gasteiger partial charge in [-0.1, -0.05) is 0 Å². The minimum absolute atomic E-state index is 3.63. The molecule has 2 nitrogen and oxygen atoms in total. The largest absolute Gasteiger partial charge is 0.368 e. The molecule has 0 aliphatic heterocycles. The summed E-state index contributed by atoms with van der Waals surface area (Å²) < 4.78 is 59.1. The molecule has 0 aromatic rings. The monoisotopic (exact) mass is 178 g/mol. The van der Waals surface area contributed by atoms with Gasteiger partial charge in [0.05, 0.1) is 0 Å². The van der Waals surface area contributed by atoms with Gasteiger partial charge in [-0.3, -0.25) is 0 Å². The minimum Gasteiger partial charge on any atom is -0.358 e. The Bertz CT molecular complexity index is 171. The van der Waals surface area contributed by atoms with Gasteiger partial charge in [0.15, 0.2) is 0 Å². The first kappa shape index (κ1) is 8.66. The van der Waals surface area contributed by atoms with Crippen LogP contribution in [0.2, 0.25) is 0 Å². The number of hydrogen-bond donors (Lipinski definition) is 2. The summed E-state index contributed by atoms with van der Waals surface area (Å²) in [7, 11) is 0. The van der Waals surface area contributed by atoms with E-state index in [0.29, 0.717) is 0 Å². The van der Waals surface area contributed by atoms with Crippen LogP contribution in [0.5, 0.6) is 0 Å². The van der Waals surface area contributed by atoms with E-state index in [4.69, 9.17) is 10.2 Å². The molecule has 11 heavy (non-hydrogen) atoms. The fraction of sp³-hybridized carbons (Fsp3) is 1.00. The van der Waals surface area contributed by atoms with E-state index in [1.54, 1.807) is 0 Å². The summed E-state index contributed by atoms with van der Waals surface area (Å²) >= 11 is 0. The van der Waals surface area contributed by atoms with E-state index in [2.05, 4.69) is 0 Å². The highest BCUT2D eigenvalue weighted by molar-refractivity contribution is 5.16. The Morgan fingerprint density at radius 3 is 1.45 bits per heavy atom. The van der Waals surface area contributed by atoms with Crippen molar-refractivity contribution in [3.63, 3.8) is 0 Å². The summed E-state index contributed by atoms with van der Waals surface area (Å²) in [5, 5.41) is 16.0. The maximum Gasteiger partial charge on any atom is 0.368 e. The fourth-order valence-corrected chi connectivity index (χ4v) is 0.739. The molecule has 0 saturated heterocycles. The highest BCUT2D eigenvalue weighted by Gasteiger charge is 2.89. The summed E-state index contributed by atoms with van der Waals surface area (Å²) in [5.74, 6) is -14.3. The average Bonchev–Trinajstić information content (AvgIpc) is 1.84. The first-order valence-corrected chi connectivity index (χ1v) is 2.50. The molecule has 0 aromatic carbocycles. The number of aliphatic hydroxyl groups is 2. The highest BCUT2D eigenvalue weighted by Crippen LogP contribution is 2.57. The van der Waals surface area contributed by atoms with Crippen LogP contribution < -0.4 is 0 Å². The number of alkyl halides is 5. The molecule has 0 aromatic heterocycles. The Hall–Kier alpha value is -0.430. The molecular weight excluding hydrogens is 175 g/mol. The Kier molecular flexibility index (Phi) is 1.31. The van der Waals surface area contributed by atoms with Crippen LogP contribution in [0.15, 0.2) is 0 Å². The summed E-state index contributed by atoms with van der Waals surface area (Å²) in [6, 6.07) is 0. The molecule has 0 bridgehead atoms. The minimum atomic E-state index is -5.11. The van der Waals surface area contributed by atoms with E-state index in [9.17, 15) is 22.0 Å². The van der Waals surface area contributed by atoms with Crippen molar-refractivity contribution >= 4 is 0 Å². The van der Waals surface area contributed by atoms with Gasteiger partial charge in [-0.15, -0.1) is 0 Å². The molecule has 1 atom stereocenters. The maximum absolute atomic E-state index is 11.9. The second-order valence-electron chi connectivity index (χ2n) is 2.29. The number of hydrogen-bond acceptors (Lipinski definition) is 2. The third kappa shape index (κ3) is 0.627. The SMILES string of the molecule is OC1(O)C(F)C(F)(F)C1(F)F. The third-order valence-corrected chi connectivity index (χ3v) is 1.55. The molecule has 1 saturated carbocycles. The molecule has 0 spiro atoms. The van der Waals surface area contributed by atoms with Gasteiger partial charge in [0.25, 0.3) is 5.79 Å². The maximum atomic E-state index is 11.9. The molecule has 0 heterocycles. The van der Waals surface area contributed by atoms with Crippen LogP contribution in [0.4, 0.5) is 22.0 Å². The van der Waals surface area contributed by atoms with Gasteiger partial charge in [0, 0.05) is 0 Å². The lowest BCUT2D eigenvalue weighted by molar-refractivity contribution is -0.477. The second kappa shape index (κ2) is 1.66. The first-order chi connectivity index (χ1) is 4.65. The zero-order valence-electron chi connectivity index (χ0n) is 4.86. The van der Waals surface area contributed by atoms with Gasteiger partial charge in [-0.25, -0.2) is 4.39 Å². The predicted molar refractivity (Wildman–Crippen MR) is 22.0 cm³/mol. The summed E-state index contributed by atoms with van der Waals surface area (Å²) in [6.07, 6.45) is -3.63. The van der Waals surface area contributed by atoms with Crippen LogP contribution in [-0.4, -0.2) is 34.0 Å². The van der Waals surface area contributed by atoms with Crippen molar-refractivity contribution in [3.05, 3.63) is 0 Å². The number of halogens is 5. The van der Waals surface area contributed by atoms with Gasteiger partial charge < -0.3 is 10.2 Å². The molecule has 1 fully saturated rings. The van der Waals surface area contributed by atoms with Crippen LogP contribution in [0, 0.1) is 0 Å². The number of rotatable bonds is 0. The Balaban J connectivity index is 2.98. The van der Waals surface area contributed by atoms with Crippen LogP contribution in [-0.2, 0) is 0 Å². The van der Waals surface area contributed by atoms with E-state index in [1.807, 2.05) is 0 Å². The topological polar surface area (TPSA) is 40.5 Å². The molecule has 1 aliphatic rings. The van der Waals surface area contributed by atoms with Crippen LogP contribution in [0.25, 0.3) is 0 Å². The molecule has 0 radical (unpaired) electrons. The molecule has 7 heteroatoms. The van der Waals surface area contributed by atoms with Gasteiger partial charge in [-0.2, -0.15) is 17.6 Å². The molecule has 1 rings (SSSR count). The summed E-state index contributed by atoms with van der Waals surface area (Å²) in [5.41, 5.74) is 0. The van der Waals surface area contributed by atoms with Crippen molar-refractivity contribution in [1.29, 1.82) is 0 Å². The molecule has 1 unspecified atom stereocenters. The summed E-state index contributed by atoms with van der Waals surface area (Å²) in [4.78, 5) is 0. The van der Waals surface area contributed by atoms with Crippen molar-refractivity contribution in [2.45, 2.75) is 23.8 Å². The second-order valence-corrected chi connectivity index (χ2v) is 2.29. The van der Waals surface area contributed by atoms with Gasteiger partial charge in [-0.05, 0) is 0 Å². The highest BCUT2D eigenvalue weighted by atomic mass is 19.3. The predicted octanol–water partition coefficient (Wildman–Crippen LogP) is 0.290. The lowest BCUT2D eigenvalue weighted by Gasteiger charge is -2.48. The van der Waals surface area contributed by atoms with Crippen molar-refractivity contribution in [3.8, 4) is 0 Å². The molecule has 2 N–H and O–H groups in total. The van der Waals surface area contributed by atoms with E-state index >= 15 is 0 Å². The van der Waals surface area contributed by atoms with Crippen molar-refractivity contribution in [1.82, 2.24) is 0 Å². The summed E-state index contributed by atoms with van der Waals surface area (Å²) in [6.45, 7) is 0. The molecule has 0 amide bonds. The standard InChI is InChI=1S/C4H3F5O2/c5-1-2(6,7)4(8,9)3(1,10)11/h1,10-11H. The zero-order valence-corrected chi connectivity index (χ0v) is 4.86. The smallest absolute Gasteiger partial charge is 0.358 e. The van der Waals surface area contributed by atoms with Gasteiger partial charge in [0.1, 0.15) is 0 Å². The van der Waals surface area contributed by atoms with Crippen molar-refractivity contribution in [2.75, 3.05) is 0 Å². The Morgan fingerprint density at radius 2 is 1.36 bits per heavy atom. The molecular formula is C4H3F5O2. The van der Waals surface area contributed by atoms with Gasteiger partial charge in [0.2, 0.25) is 6.17 Å².